The Labute approximate surface area is 168 Å². The molecule has 0 spiro atoms. The van der Waals surface area contributed by atoms with E-state index in [4.69, 9.17) is 46.4 Å². The molecule has 0 N–H and O–H groups in total. The van der Waals surface area contributed by atoms with Crippen molar-refractivity contribution in [2.75, 3.05) is 0 Å². The van der Waals surface area contributed by atoms with E-state index in [0.717, 1.165) is 4.31 Å². The smallest absolute Gasteiger partial charge is 0.273 e. The summed E-state index contributed by atoms with van der Waals surface area (Å²) in [5.74, 6) is -1.19. The first-order chi connectivity index (χ1) is 11.6. The normalized spacial score (nSPS) is 23.9. The minimum atomic E-state index is -6.06. The van der Waals surface area contributed by atoms with Crippen molar-refractivity contribution >= 4 is 70.2 Å². The van der Waals surface area contributed by atoms with Crippen molar-refractivity contribution in [3.05, 3.63) is 12.2 Å². The van der Waals surface area contributed by atoms with E-state index in [1.807, 2.05) is 12.2 Å². The highest BCUT2D eigenvalue weighted by molar-refractivity contribution is 8.02. The Hall–Kier alpha value is -0.0300. The van der Waals surface area contributed by atoms with Crippen LogP contribution in [0, 0.1) is 11.8 Å². The van der Waals surface area contributed by atoms with E-state index in [1.54, 1.807) is 0 Å². The summed E-state index contributed by atoms with van der Waals surface area (Å²) in [6.45, 7) is 0. The Morgan fingerprint density at radius 1 is 0.923 bits per heavy atom. The fraction of sp³-hybridized carbons (Fsp3) is 0.667. The molecule has 2 amide bonds. The SMILES string of the molecule is FC(F)(F)C(F)(F)F.O=C1C2CC=CCC2C(=O)N1SC(Cl)(Cl)C(Cl)Cl. The number of halogens is 10. The summed E-state index contributed by atoms with van der Waals surface area (Å²) in [7, 11) is 0. The number of allylic oxidation sites excluding steroid dienone is 2. The average Bonchev–Trinajstić information content (AvgIpc) is 2.71. The quantitative estimate of drug-likeness (QED) is 0.170. The maximum atomic E-state index is 12.1. The first kappa shape index (κ1) is 24.0. The number of rotatable bonds is 3. The average molecular weight is 487 g/mol. The lowest BCUT2D eigenvalue weighted by molar-refractivity contribution is -0.339. The van der Waals surface area contributed by atoms with E-state index in [2.05, 4.69) is 0 Å². The zero-order chi connectivity index (χ0) is 20.5. The van der Waals surface area contributed by atoms with Crippen LogP contribution in [0.4, 0.5) is 26.3 Å². The molecule has 0 aromatic heterocycles. The molecule has 1 saturated heterocycles. The summed E-state index contributed by atoms with van der Waals surface area (Å²) in [6, 6.07) is 0. The maximum Gasteiger partial charge on any atom is 0.487 e. The van der Waals surface area contributed by atoms with Crippen LogP contribution in [0.5, 0.6) is 0 Å². The molecular weight excluding hydrogens is 478 g/mol. The zero-order valence-electron chi connectivity index (χ0n) is 12.3. The van der Waals surface area contributed by atoms with E-state index in [1.165, 1.54) is 0 Å². The second-order valence-electron chi connectivity index (χ2n) is 5.08. The second-order valence-corrected chi connectivity index (χ2v) is 9.20. The number of nitrogens with zero attached hydrogens (tertiary/aromatic N) is 1. The van der Waals surface area contributed by atoms with Gasteiger partial charge in [-0.25, -0.2) is 4.31 Å². The molecule has 0 aromatic rings. The van der Waals surface area contributed by atoms with Gasteiger partial charge in [0.25, 0.3) is 0 Å². The van der Waals surface area contributed by atoms with Crippen molar-refractivity contribution < 1.29 is 35.9 Å². The fourth-order valence-corrected chi connectivity index (χ4v) is 3.45. The van der Waals surface area contributed by atoms with Gasteiger partial charge in [0.2, 0.25) is 15.5 Å². The number of fused-ring (bicyclic) bond motifs is 1. The highest BCUT2D eigenvalue weighted by atomic mass is 35.5. The molecule has 0 bridgehead atoms. The molecule has 1 heterocycles. The van der Waals surface area contributed by atoms with Crippen molar-refractivity contribution in [2.45, 2.75) is 33.7 Å². The molecule has 0 saturated carbocycles. The Morgan fingerprint density at radius 3 is 1.54 bits per heavy atom. The summed E-state index contributed by atoms with van der Waals surface area (Å²) in [5, 5.41) is 0. The molecule has 1 aliphatic carbocycles. The summed E-state index contributed by atoms with van der Waals surface area (Å²) in [6.07, 6.45) is -7.19. The lowest BCUT2D eigenvalue weighted by Crippen LogP contribution is -2.31. The van der Waals surface area contributed by atoms with Gasteiger partial charge < -0.3 is 0 Å². The zero-order valence-corrected chi connectivity index (χ0v) is 16.1. The molecule has 150 valence electrons. The number of carbonyl (C=O) groups excluding carboxylic acids is 2. The van der Waals surface area contributed by atoms with Crippen LogP contribution in [0.2, 0.25) is 0 Å². The third kappa shape index (κ3) is 5.73. The van der Waals surface area contributed by atoms with E-state index >= 15 is 0 Å². The van der Waals surface area contributed by atoms with Gasteiger partial charge in [-0.2, -0.15) is 26.3 Å². The Bertz CT molecular complexity index is 543. The largest absolute Gasteiger partial charge is 0.487 e. The predicted octanol–water partition coefficient (Wildman–Crippen LogP) is 5.63. The van der Waals surface area contributed by atoms with E-state index in [-0.39, 0.29) is 23.7 Å². The summed E-state index contributed by atoms with van der Waals surface area (Å²) < 4.78 is 62.0. The van der Waals surface area contributed by atoms with Crippen LogP contribution in [0.3, 0.4) is 0 Å². The lowest BCUT2D eigenvalue weighted by Gasteiger charge is -2.24. The van der Waals surface area contributed by atoms with Crippen LogP contribution in [0.1, 0.15) is 12.8 Å². The van der Waals surface area contributed by atoms with Crippen LogP contribution in [0.15, 0.2) is 12.2 Å². The van der Waals surface area contributed by atoms with E-state index in [0.29, 0.717) is 24.8 Å². The fourth-order valence-electron chi connectivity index (χ4n) is 2.02. The minimum absolute atomic E-state index is 0.279. The molecule has 1 aliphatic heterocycles. The molecule has 14 heteroatoms. The Kier molecular flexibility index (Phi) is 7.89. The summed E-state index contributed by atoms with van der Waals surface area (Å²) in [4.78, 5) is 23.1. The second kappa shape index (κ2) is 8.55. The van der Waals surface area contributed by atoms with Crippen LogP contribution in [-0.4, -0.2) is 37.0 Å². The van der Waals surface area contributed by atoms with Gasteiger partial charge in [-0.15, -0.1) is 23.2 Å². The number of hydrogen-bond acceptors (Lipinski definition) is 3. The van der Waals surface area contributed by atoms with Gasteiger partial charge in [0.05, 0.1) is 11.8 Å². The van der Waals surface area contributed by atoms with Gasteiger partial charge in [0.1, 0.15) is 0 Å². The third-order valence-electron chi connectivity index (χ3n) is 3.26. The number of hydrogen-bond donors (Lipinski definition) is 0. The Balaban J connectivity index is 0.000000359. The molecule has 0 aromatic carbocycles. The number of amides is 2. The summed E-state index contributed by atoms with van der Waals surface area (Å²) >= 11 is 23.7. The molecule has 2 aliphatic rings. The first-order valence-corrected chi connectivity index (χ1v) is 9.01. The first-order valence-electron chi connectivity index (χ1n) is 6.61. The molecule has 0 radical (unpaired) electrons. The van der Waals surface area contributed by atoms with Crippen molar-refractivity contribution in [1.29, 1.82) is 0 Å². The lowest BCUT2D eigenvalue weighted by atomic mass is 9.85. The van der Waals surface area contributed by atoms with Crippen molar-refractivity contribution in [2.24, 2.45) is 11.8 Å². The number of carbonyl (C=O) groups is 2. The van der Waals surface area contributed by atoms with Gasteiger partial charge in [0, 0.05) is 11.9 Å². The van der Waals surface area contributed by atoms with Gasteiger partial charge in [-0.05, 0) is 12.8 Å². The van der Waals surface area contributed by atoms with Gasteiger partial charge in [0.15, 0.2) is 4.84 Å². The molecule has 26 heavy (non-hydrogen) atoms. The van der Waals surface area contributed by atoms with Crippen LogP contribution in [0.25, 0.3) is 0 Å². The maximum absolute atomic E-state index is 12.1. The van der Waals surface area contributed by atoms with Crippen LogP contribution in [-0.2, 0) is 9.59 Å². The standard InChI is InChI=1S/C10H9Cl4NO2S.C2F6/c11-9(12)10(13,14)18-15-7(16)5-3-1-2-4-6(5)8(15)17;3-1(4,5)2(6,7)8/h1-2,5-6,9H,3-4H2;. The highest BCUT2D eigenvalue weighted by Gasteiger charge is 2.59. The molecule has 1 fully saturated rings. The number of alkyl halides is 10. The van der Waals surface area contributed by atoms with Gasteiger partial charge >= 0.3 is 12.4 Å². The Morgan fingerprint density at radius 2 is 1.27 bits per heavy atom. The van der Waals surface area contributed by atoms with Gasteiger partial charge in [-0.3, -0.25) is 9.59 Å². The third-order valence-corrected chi connectivity index (χ3v) is 6.49. The summed E-state index contributed by atoms with van der Waals surface area (Å²) in [5.41, 5.74) is 0. The van der Waals surface area contributed by atoms with Crippen LogP contribution < -0.4 is 0 Å². The highest BCUT2D eigenvalue weighted by Crippen LogP contribution is 2.48. The van der Waals surface area contributed by atoms with Crippen molar-refractivity contribution in [1.82, 2.24) is 4.31 Å². The minimum Gasteiger partial charge on any atom is -0.273 e. The molecule has 2 rings (SSSR count). The predicted molar refractivity (Wildman–Crippen MR) is 86.8 cm³/mol. The monoisotopic (exact) mass is 485 g/mol. The van der Waals surface area contributed by atoms with Gasteiger partial charge in [-0.1, -0.05) is 35.4 Å². The molecule has 2 unspecified atom stereocenters. The molecule has 2 atom stereocenters. The number of imide groups is 1. The van der Waals surface area contributed by atoms with Crippen molar-refractivity contribution in [3.63, 3.8) is 0 Å². The van der Waals surface area contributed by atoms with E-state index < -0.39 is 20.9 Å². The van der Waals surface area contributed by atoms with Crippen LogP contribution >= 0.6 is 58.4 Å². The van der Waals surface area contributed by atoms with Crippen molar-refractivity contribution in [3.8, 4) is 0 Å². The molecular formula is C12H9Cl4F6NO2S. The van der Waals surface area contributed by atoms with E-state index in [9.17, 15) is 35.9 Å². The topological polar surface area (TPSA) is 37.4 Å². The molecule has 3 nitrogen and oxygen atoms in total.